The van der Waals surface area contributed by atoms with Crippen LogP contribution in [0.3, 0.4) is 0 Å². The third-order valence-electron chi connectivity index (χ3n) is 4.19. The highest BCUT2D eigenvalue weighted by atomic mass is 16.5. The number of carbonyl (C=O) groups is 3. The summed E-state index contributed by atoms with van der Waals surface area (Å²) in [7, 11) is 0. The van der Waals surface area contributed by atoms with Gasteiger partial charge < -0.3 is 14.8 Å². The Kier molecular flexibility index (Phi) is 7.85. The first-order valence-electron chi connectivity index (χ1n) is 9.21. The number of ether oxygens (including phenoxy) is 2. The van der Waals surface area contributed by atoms with Crippen molar-refractivity contribution in [1.82, 2.24) is 10.6 Å². The van der Waals surface area contributed by atoms with E-state index in [4.69, 9.17) is 9.47 Å². The van der Waals surface area contributed by atoms with Crippen LogP contribution in [0.25, 0.3) is 6.08 Å². The van der Waals surface area contributed by atoms with Gasteiger partial charge in [0.2, 0.25) is 0 Å². The molecule has 2 N–H and O–H groups in total. The summed E-state index contributed by atoms with van der Waals surface area (Å²) in [6.45, 7) is 3.90. The number of carbonyl (C=O) groups excluding carboxylic acids is 3. The molecule has 27 heavy (non-hydrogen) atoms. The van der Waals surface area contributed by atoms with Gasteiger partial charge in [-0.3, -0.25) is 10.1 Å². The Hall–Kier alpha value is -2.83. The fourth-order valence-electron chi connectivity index (χ4n) is 2.78. The molecule has 0 unspecified atom stereocenters. The summed E-state index contributed by atoms with van der Waals surface area (Å²) in [6, 6.07) is 6.75. The van der Waals surface area contributed by atoms with Crippen LogP contribution in [0.15, 0.2) is 30.3 Å². The molecule has 1 aromatic rings. The second-order valence-corrected chi connectivity index (χ2v) is 6.36. The number of rotatable bonds is 7. The summed E-state index contributed by atoms with van der Waals surface area (Å²) >= 11 is 0. The second-order valence-electron chi connectivity index (χ2n) is 6.36. The van der Waals surface area contributed by atoms with Crippen LogP contribution in [-0.4, -0.2) is 36.7 Å². The molecule has 0 heterocycles. The monoisotopic (exact) mass is 374 g/mol. The Labute approximate surface area is 159 Å². The van der Waals surface area contributed by atoms with Crippen LogP contribution in [0, 0.1) is 0 Å². The molecule has 1 fully saturated rings. The van der Waals surface area contributed by atoms with Crippen LogP contribution < -0.4 is 15.4 Å². The summed E-state index contributed by atoms with van der Waals surface area (Å²) in [5.74, 6) is -0.575. The van der Waals surface area contributed by atoms with E-state index in [1.54, 1.807) is 30.3 Å². The number of amides is 3. The van der Waals surface area contributed by atoms with Crippen molar-refractivity contribution in [3.63, 3.8) is 0 Å². The first-order chi connectivity index (χ1) is 13.0. The zero-order valence-electron chi connectivity index (χ0n) is 15.7. The quantitative estimate of drug-likeness (QED) is 0.565. The molecule has 0 bridgehead atoms. The molecule has 1 aromatic carbocycles. The fourth-order valence-corrected chi connectivity index (χ4v) is 2.78. The van der Waals surface area contributed by atoms with Gasteiger partial charge in [-0.25, -0.2) is 9.59 Å². The summed E-state index contributed by atoms with van der Waals surface area (Å²) in [4.78, 5) is 35.6. The molecular formula is C20H26N2O5. The lowest BCUT2D eigenvalue weighted by molar-refractivity contribution is -0.149. The Balaban J connectivity index is 1.76. The fraction of sp³-hybridized carbons (Fsp3) is 0.450. The number of hydrogen-bond acceptors (Lipinski definition) is 5. The molecule has 146 valence electrons. The van der Waals surface area contributed by atoms with E-state index in [1.165, 1.54) is 13.0 Å². The number of imide groups is 1. The normalized spacial score (nSPS) is 15.3. The first kappa shape index (κ1) is 20.5. The molecular weight excluding hydrogens is 348 g/mol. The van der Waals surface area contributed by atoms with Crippen molar-refractivity contribution in [3.05, 3.63) is 35.9 Å². The highest BCUT2D eigenvalue weighted by Crippen LogP contribution is 2.17. The third kappa shape index (κ3) is 7.13. The summed E-state index contributed by atoms with van der Waals surface area (Å²) < 4.78 is 10.4. The number of esters is 1. The molecule has 7 nitrogen and oxygen atoms in total. The van der Waals surface area contributed by atoms with Crippen molar-refractivity contribution in [2.24, 2.45) is 0 Å². The molecule has 1 saturated carbocycles. The molecule has 1 aliphatic carbocycles. The van der Waals surface area contributed by atoms with E-state index in [-0.39, 0.29) is 6.04 Å². The number of nitrogens with one attached hydrogen (secondary N) is 2. The van der Waals surface area contributed by atoms with Gasteiger partial charge in [0.1, 0.15) is 5.75 Å². The van der Waals surface area contributed by atoms with E-state index in [1.807, 2.05) is 6.92 Å². The molecule has 2 rings (SSSR count). The number of benzene rings is 1. The minimum absolute atomic E-state index is 0.104. The van der Waals surface area contributed by atoms with Gasteiger partial charge in [-0.15, -0.1) is 0 Å². The van der Waals surface area contributed by atoms with Crippen molar-refractivity contribution in [1.29, 1.82) is 0 Å². The van der Waals surface area contributed by atoms with Crippen LogP contribution in [0.1, 0.15) is 45.1 Å². The zero-order valence-corrected chi connectivity index (χ0v) is 15.7. The van der Waals surface area contributed by atoms with Gasteiger partial charge in [0.25, 0.3) is 5.91 Å². The molecule has 7 heteroatoms. The third-order valence-corrected chi connectivity index (χ3v) is 4.19. The van der Waals surface area contributed by atoms with Crippen LogP contribution in [0.4, 0.5) is 4.79 Å². The van der Waals surface area contributed by atoms with Crippen molar-refractivity contribution < 1.29 is 23.9 Å². The van der Waals surface area contributed by atoms with E-state index in [2.05, 4.69) is 10.6 Å². The van der Waals surface area contributed by atoms with Crippen LogP contribution in [-0.2, 0) is 14.3 Å². The van der Waals surface area contributed by atoms with E-state index in [9.17, 15) is 14.4 Å². The van der Waals surface area contributed by atoms with Gasteiger partial charge in [0.15, 0.2) is 6.10 Å². The Bertz CT molecular complexity index is 678. The van der Waals surface area contributed by atoms with Crippen LogP contribution in [0.2, 0.25) is 0 Å². The summed E-state index contributed by atoms with van der Waals surface area (Å²) in [5, 5.41) is 4.94. The summed E-state index contributed by atoms with van der Waals surface area (Å²) in [6.07, 6.45) is 5.73. The van der Waals surface area contributed by atoms with Crippen molar-refractivity contribution in [2.75, 3.05) is 6.61 Å². The first-order valence-corrected chi connectivity index (χ1v) is 9.21. The summed E-state index contributed by atoms with van der Waals surface area (Å²) in [5.41, 5.74) is 0.795. The zero-order chi connectivity index (χ0) is 19.6. The average Bonchev–Trinajstić information content (AvgIpc) is 3.14. The minimum atomic E-state index is -1.07. The smallest absolute Gasteiger partial charge is 0.331 e. The Morgan fingerprint density at radius 1 is 1.19 bits per heavy atom. The minimum Gasteiger partial charge on any atom is -0.494 e. The Morgan fingerprint density at radius 2 is 1.85 bits per heavy atom. The van der Waals surface area contributed by atoms with E-state index in [0.29, 0.717) is 6.61 Å². The van der Waals surface area contributed by atoms with Crippen LogP contribution >= 0.6 is 0 Å². The molecule has 0 radical (unpaired) electrons. The molecule has 1 aliphatic rings. The topological polar surface area (TPSA) is 93.7 Å². The van der Waals surface area contributed by atoms with Crippen LogP contribution in [0.5, 0.6) is 5.75 Å². The molecule has 0 aliphatic heterocycles. The Morgan fingerprint density at radius 3 is 2.48 bits per heavy atom. The standard InChI is InChI=1S/C20H26N2O5/c1-3-26-17-11-8-15(9-12-17)10-13-18(23)27-14(2)19(24)22-20(25)21-16-6-4-5-7-16/h8-14,16H,3-7H2,1-2H3,(H2,21,22,24,25)/b13-10+/t14-/m1/s1. The number of hydrogen-bond donors (Lipinski definition) is 2. The highest BCUT2D eigenvalue weighted by molar-refractivity contribution is 5.98. The number of urea groups is 1. The lowest BCUT2D eigenvalue weighted by atomic mass is 10.2. The largest absolute Gasteiger partial charge is 0.494 e. The maximum Gasteiger partial charge on any atom is 0.331 e. The molecule has 3 amide bonds. The van der Waals surface area contributed by atoms with E-state index < -0.39 is 24.0 Å². The van der Waals surface area contributed by atoms with E-state index in [0.717, 1.165) is 37.0 Å². The van der Waals surface area contributed by atoms with Crippen molar-refractivity contribution in [3.8, 4) is 5.75 Å². The van der Waals surface area contributed by atoms with Gasteiger partial charge >= 0.3 is 12.0 Å². The predicted octanol–water partition coefficient (Wildman–Crippen LogP) is 2.80. The molecule has 0 saturated heterocycles. The van der Waals surface area contributed by atoms with Crippen molar-refractivity contribution in [2.45, 2.75) is 51.7 Å². The van der Waals surface area contributed by atoms with Gasteiger partial charge in [-0.05, 0) is 50.5 Å². The average molecular weight is 374 g/mol. The maximum atomic E-state index is 11.9. The van der Waals surface area contributed by atoms with Gasteiger partial charge in [-0.1, -0.05) is 25.0 Å². The molecule has 1 atom stereocenters. The van der Waals surface area contributed by atoms with Gasteiger partial charge in [-0.2, -0.15) is 0 Å². The van der Waals surface area contributed by atoms with E-state index >= 15 is 0 Å². The van der Waals surface area contributed by atoms with Gasteiger partial charge in [0, 0.05) is 12.1 Å². The lowest BCUT2D eigenvalue weighted by Crippen LogP contribution is -2.47. The van der Waals surface area contributed by atoms with Crippen molar-refractivity contribution >= 4 is 24.0 Å². The molecule has 0 aromatic heterocycles. The second kappa shape index (κ2) is 10.4. The molecule has 0 spiro atoms. The predicted molar refractivity (Wildman–Crippen MR) is 101 cm³/mol. The van der Waals surface area contributed by atoms with Gasteiger partial charge in [0.05, 0.1) is 6.61 Å². The highest BCUT2D eigenvalue weighted by Gasteiger charge is 2.22. The lowest BCUT2D eigenvalue weighted by Gasteiger charge is -2.15. The maximum absolute atomic E-state index is 11.9. The SMILES string of the molecule is CCOc1ccc(/C=C/C(=O)O[C@H](C)C(=O)NC(=O)NC2CCCC2)cc1.